The van der Waals surface area contributed by atoms with Crippen LogP contribution in [0.25, 0.3) is 16.7 Å². The average molecular weight is 340 g/mol. The zero-order valence-corrected chi connectivity index (χ0v) is 13.5. The van der Waals surface area contributed by atoms with E-state index < -0.39 is 0 Å². The number of nitrogens with one attached hydrogen (secondary N) is 1. The highest BCUT2D eigenvalue weighted by Gasteiger charge is 2.21. The number of nitrogens with zero attached hydrogens (tertiary/aromatic N) is 3. The molecule has 3 aromatic rings. The van der Waals surface area contributed by atoms with Crippen molar-refractivity contribution in [3.8, 4) is 5.69 Å². The summed E-state index contributed by atoms with van der Waals surface area (Å²) in [5, 5.41) is 11.7. The lowest BCUT2D eigenvalue weighted by Crippen LogP contribution is -2.28. The van der Waals surface area contributed by atoms with Crippen LogP contribution in [0.2, 0.25) is 0 Å². The van der Waals surface area contributed by atoms with E-state index in [1.54, 1.807) is 18.2 Å². The van der Waals surface area contributed by atoms with Gasteiger partial charge in [-0.2, -0.15) is 4.80 Å². The van der Waals surface area contributed by atoms with Crippen molar-refractivity contribution in [3.05, 3.63) is 48.3 Å². The topological polar surface area (TPSA) is 69.0 Å². The number of hydrogen-bond donors (Lipinski definition) is 1. The van der Waals surface area contributed by atoms with Crippen LogP contribution in [0.1, 0.15) is 12.8 Å². The van der Waals surface area contributed by atoms with Gasteiger partial charge in [-0.15, -0.1) is 10.2 Å². The molecule has 0 bridgehead atoms. The van der Waals surface area contributed by atoms with Crippen LogP contribution in [0.15, 0.2) is 42.5 Å². The lowest BCUT2D eigenvalue weighted by molar-refractivity contribution is -0.122. The molecule has 0 spiro atoms. The molecule has 2 heterocycles. The van der Waals surface area contributed by atoms with Gasteiger partial charge in [0.15, 0.2) is 0 Å². The van der Waals surface area contributed by atoms with Crippen molar-refractivity contribution in [1.82, 2.24) is 15.0 Å². The monoisotopic (exact) mass is 340 g/mol. The standard InChI is InChI=1S/C18H17FN4O2/c19-13-1-4-15(5-2-13)23-21-16-6-3-14(11-17(16)22-23)20-18(24)12-7-9-25-10-8-12/h1-6,11-12H,7-10H2,(H,20,24). The van der Waals surface area contributed by atoms with Crippen molar-refractivity contribution in [2.75, 3.05) is 18.5 Å². The minimum Gasteiger partial charge on any atom is -0.381 e. The van der Waals surface area contributed by atoms with Gasteiger partial charge in [0.1, 0.15) is 16.9 Å². The van der Waals surface area contributed by atoms with Crippen LogP contribution in [0, 0.1) is 11.7 Å². The fraction of sp³-hybridized carbons (Fsp3) is 0.278. The lowest BCUT2D eigenvalue weighted by Gasteiger charge is -2.21. The Balaban J connectivity index is 1.55. The number of fused-ring (bicyclic) bond motifs is 1. The molecule has 1 aliphatic heterocycles. The highest BCUT2D eigenvalue weighted by molar-refractivity contribution is 5.94. The van der Waals surface area contributed by atoms with Gasteiger partial charge in [-0.1, -0.05) is 0 Å². The van der Waals surface area contributed by atoms with E-state index in [2.05, 4.69) is 15.5 Å². The molecule has 6 nitrogen and oxygen atoms in total. The van der Waals surface area contributed by atoms with E-state index in [1.807, 2.05) is 12.1 Å². The fourth-order valence-corrected chi connectivity index (χ4v) is 2.89. The molecular formula is C18H17FN4O2. The Kier molecular flexibility index (Phi) is 4.15. The molecule has 128 valence electrons. The summed E-state index contributed by atoms with van der Waals surface area (Å²) >= 11 is 0. The van der Waals surface area contributed by atoms with E-state index in [9.17, 15) is 9.18 Å². The smallest absolute Gasteiger partial charge is 0.227 e. The Bertz CT molecular complexity index is 901. The number of carbonyl (C=O) groups excluding carboxylic acids is 1. The summed E-state index contributed by atoms with van der Waals surface area (Å²) < 4.78 is 18.3. The molecular weight excluding hydrogens is 323 g/mol. The van der Waals surface area contributed by atoms with Gasteiger partial charge in [0.2, 0.25) is 5.91 Å². The third-order valence-corrected chi connectivity index (χ3v) is 4.30. The van der Waals surface area contributed by atoms with Crippen LogP contribution in [-0.4, -0.2) is 34.1 Å². The molecule has 1 aromatic heterocycles. The minimum atomic E-state index is -0.307. The number of aromatic nitrogens is 3. The van der Waals surface area contributed by atoms with Crippen LogP contribution in [0.3, 0.4) is 0 Å². The summed E-state index contributed by atoms with van der Waals surface area (Å²) in [7, 11) is 0. The second-order valence-electron chi connectivity index (χ2n) is 6.05. The summed E-state index contributed by atoms with van der Waals surface area (Å²) in [4.78, 5) is 13.8. The zero-order valence-electron chi connectivity index (χ0n) is 13.5. The first-order valence-corrected chi connectivity index (χ1v) is 8.21. The normalized spacial score (nSPS) is 15.4. The Morgan fingerprint density at radius 1 is 1.08 bits per heavy atom. The zero-order chi connectivity index (χ0) is 17.2. The number of amides is 1. The molecule has 0 aliphatic carbocycles. The van der Waals surface area contributed by atoms with Gasteiger partial charge in [-0.25, -0.2) is 4.39 Å². The minimum absolute atomic E-state index is 0.00794. The number of ether oxygens (including phenoxy) is 1. The number of hydrogen-bond acceptors (Lipinski definition) is 4. The summed E-state index contributed by atoms with van der Waals surface area (Å²) in [6, 6.07) is 11.4. The number of rotatable bonds is 3. The van der Waals surface area contributed by atoms with E-state index in [1.165, 1.54) is 16.9 Å². The summed E-state index contributed by atoms with van der Waals surface area (Å²) in [5.74, 6) is -0.313. The Labute approximate surface area is 143 Å². The van der Waals surface area contributed by atoms with E-state index >= 15 is 0 Å². The van der Waals surface area contributed by atoms with Gasteiger partial charge in [0.05, 0.1) is 5.69 Å². The fourth-order valence-electron chi connectivity index (χ4n) is 2.89. The maximum atomic E-state index is 13.0. The third kappa shape index (κ3) is 3.36. The van der Waals surface area contributed by atoms with Crippen molar-refractivity contribution in [3.63, 3.8) is 0 Å². The molecule has 25 heavy (non-hydrogen) atoms. The first-order valence-electron chi connectivity index (χ1n) is 8.21. The largest absolute Gasteiger partial charge is 0.381 e. The van der Waals surface area contributed by atoms with Gasteiger partial charge >= 0.3 is 0 Å². The molecule has 7 heteroatoms. The number of carbonyl (C=O) groups is 1. The molecule has 1 amide bonds. The van der Waals surface area contributed by atoms with Gasteiger partial charge in [-0.3, -0.25) is 4.79 Å². The highest BCUT2D eigenvalue weighted by atomic mass is 19.1. The predicted octanol–water partition coefficient (Wildman–Crippen LogP) is 2.92. The lowest BCUT2D eigenvalue weighted by atomic mass is 9.99. The van der Waals surface area contributed by atoms with Crippen molar-refractivity contribution in [2.24, 2.45) is 5.92 Å². The molecule has 1 fully saturated rings. The summed E-state index contributed by atoms with van der Waals surface area (Å²) in [6.07, 6.45) is 1.49. The number of halogens is 1. The quantitative estimate of drug-likeness (QED) is 0.796. The van der Waals surface area contributed by atoms with Gasteiger partial charge in [0.25, 0.3) is 0 Å². The van der Waals surface area contributed by atoms with Crippen LogP contribution >= 0.6 is 0 Å². The molecule has 4 rings (SSSR count). The molecule has 1 N–H and O–H groups in total. The van der Waals surface area contributed by atoms with E-state index in [0.717, 1.165) is 12.8 Å². The summed E-state index contributed by atoms with van der Waals surface area (Å²) in [5.41, 5.74) is 2.73. The first kappa shape index (κ1) is 15.7. The van der Waals surface area contributed by atoms with Gasteiger partial charge < -0.3 is 10.1 Å². The Hall–Kier alpha value is -2.80. The SMILES string of the molecule is O=C(Nc1ccc2nn(-c3ccc(F)cc3)nc2c1)C1CCOCC1. The van der Waals surface area contributed by atoms with Gasteiger partial charge in [0, 0.05) is 24.8 Å². The Morgan fingerprint density at radius 3 is 2.56 bits per heavy atom. The van der Waals surface area contributed by atoms with Crippen molar-refractivity contribution < 1.29 is 13.9 Å². The van der Waals surface area contributed by atoms with E-state index in [4.69, 9.17) is 4.74 Å². The molecule has 1 saturated heterocycles. The second kappa shape index (κ2) is 6.60. The number of benzene rings is 2. The molecule has 0 saturated carbocycles. The highest BCUT2D eigenvalue weighted by Crippen LogP contribution is 2.21. The van der Waals surface area contributed by atoms with Crippen molar-refractivity contribution >= 4 is 22.6 Å². The van der Waals surface area contributed by atoms with Crippen LogP contribution < -0.4 is 5.32 Å². The maximum absolute atomic E-state index is 13.0. The molecule has 1 aliphatic rings. The molecule has 0 unspecified atom stereocenters. The van der Waals surface area contributed by atoms with Crippen LogP contribution in [-0.2, 0) is 9.53 Å². The van der Waals surface area contributed by atoms with Crippen LogP contribution in [0.5, 0.6) is 0 Å². The van der Waals surface area contributed by atoms with Crippen molar-refractivity contribution in [1.29, 1.82) is 0 Å². The van der Waals surface area contributed by atoms with E-state index in [0.29, 0.717) is 35.6 Å². The van der Waals surface area contributed by atoms with E-state index in [-0.39, 0.29) is 17.6 Å². The maximum Gasteiger partial charge on any atom is 0.227 e. The third-order valence-electron chi connectivity index (χ3n) is 4.30. The second-order valence-corrected chi connectivity index (χ2v) is 6.05. The first-order chi connectivity index (χ1) is 12.2. The summed E-state index contributed by atoms with van der Waals surface area (Å²) in [6.45, 7) is 1.26. The predicted molar refractivity (Wildman–Crippen MR) is 91.0 cm³/mol. The van der Waals surface area contributed by atoms with Crippen molar-refractivity contribution in [2.45, 2.75) is 12.8 Å². The molecule has 0 atom stereocenters. The average Bonchev–Trinajstić information content (AvgIpc) is 3.06. The molecule has 0 radical (unpaired) electrons. The van der Waals surface area contributed by atoms with Gasteiger partial charge in [-0.05, 0) is 55.3 Å². The number of anilines is 1. The molecule has 2 aromatic carbocycles. The van der Waals surface area contributed by atoms with Crippen LogP contribution in [0.4, 0.5) is 10.1 Å². The Morgan fingerprint density at radius 2 is 1.80 bits per heavy atom.